The molecular weight excluding hydrogens is 591 g/mol. The Morgan fingerprint density at radius 1 is 0.245 bits per heavy atom. The average molecular weight is 624 g/mol. The first-order valence-corrected chi connectivity index (χ1v) is 16.9. The van der Waals surface area contributed by atoms with Crippen LogP contribution in [0.15, 0.2) is 200 Å². The van der Waals surface area contributed by atoms with Gasteiger partial charge in [-0.3, -0.25) is 0 Å². The summed E-state index contributed by atoms with van der Waals surface area (Å²) in [5.41, 5.74) is 10.6. The van der Waals surface area contributed by atoms with E-state index in [-0.39, 0.29) is 0 Å². The number of rotatable bonds is 6. The van der Waals surface area contributed by atoms with Gasteiger partial charge in [-0.1, -0.05) is 170 Å². The van der Waals surface area contributed by atoms with Crippen LogP contribution in [0.3, 0.4) is 0 Å². The SMILES string of the molecule is c1ccc(-c2ccc(N(c3ccc(-c4cccc5c4ccc4c6ccccc6ccc54)cc3)c3ccccc3-c3ccccc3)cc2)cc1. The fourth-order valence-corrected chi connectivity index (χ4v) is 7.29. The largest absolute Gasteiger partial charge is 0.310 e. The second-order valence-corrected chi connectivity index (χ2v) is 12.5. The van der Waals surface area contributed by atoms with E-state index in [1.165, 1.54) is 65.7 Å². The van der Waals surface area contributed by atoms with Crippen LogP contribution in [0.5, 0.6) is 0 Å². The molecule has 9 aromatic carbocycles. The van der Waals surface area contributed by atoms with Gasteiger partial charge in [0.1, 0.15) is 0 Å². The molecule has 230 valence electrons. The second kappa shape index (κ2) is 12.3. The number of hydrogen-bond donors (Lipinski definition) is 0. The molecule has 0 N–H and O–H groups in total. The number of para-hydroxylation sites is 1. The Labute approximate surface area is 287 Å². The lowest BCUT2D eigenvalue weighted by atomic mass is 9.92. The van der Waals surface area contributed by atoms with E-state index in [4.69, 9.17) is 0 Å². The molecule has 0 aromatic heterocycles. The van der Waals surface area contributed by atoms with Crippen molar-refractivity contribution in [1.29, 1.82) is 0 Å². The molecule has 0 saturated heterocycles. The highest BCUT2D eigenvalue weighted by molar-refractivity contribution is 6.19. The summed E-state index contributed by atoms with van der Waals surface area (Å²) in [6.45, 7) is 0. The van der Waals surface area contributed by atoms with E-state index in [2.05, 4.69) is 205 Å². The summed E-state index contributed by atoms with van der Waals surface area (Å²) in [4.78, 5) is 2.38. The number of nitrogens with zero attached hydrogens (tertiary/aromatic N) is 1. The van der Waals surface area contributed by atoms with Crippen molar-refractivity contribution in [3.05, 3.63) is 200 Å². The predicted octanol–water partition coefficient (Wildman–Crippen LogP) is 13.6. The maximum atomic E-state index is 2.38. The molecule has 9 rings (SSSR count). The van der Waals surface area contributed by atoms with Crippen molar-refractivity contribution in [1.82, 2.24) is 0 Å². The molecule has 0 spiro atoms. The monoisotopic (exact) mass is 623 g/mol. The Balaban J connectivity index is 1.16. The molecule has 0 bridgehead atoms. The first-order valence-electron chi connectivity index (χ1n) is 16.9. The molecule has 0 unspecified atom stereocenters. The van der Waals surface area contributed by atoms with Crippen LogP contribution in [0.1, 0.15) is 0 Å². The van der Waals surface area contributed by atoms with Gasteiger partial charge in [-0.25, -0.2) is 0 Å². The summed E-state index contributed by atoms with van der Waals surface area (Å²) in [5, 5.41) is 7.70. The molecule has 0 aliphatic carbocycles. The highest BCUT2D eigenvalue weighted by Crippen LogP contribution is 2.42. The van der Waals surface area contributed by atoms with Gasteiger partial charge in [-0.2, -0.15) is 0 Å². The minimum absolute atomic E-state index is 1.11. The molecule has 49 heavy (non-hydrogen) atoms. The minimum atomic E-state index is 1.11. The fraction of sp³-hybridized carbons (Fsp3) is 0. The van der Waals surface area contributed by atoms with Crippen LogP contribution in [0, 0.1) is 0 Å². The highest BCUT2D eigenvalue weighted by atomic mass is 15.1. The predicted molar refractivity (Wildman–Crippen MR) is 210 cm³/mol. The lowest BCUT2D eigenvalue weighted by Crippen LogP contribution is -2.11. The normalized spacial score (nSPS) is 11.3. The quantitative estimate of drug-likeness (QED) is 0.167. The third-order valence-electron chi connectivity index (χ3n) is 9.68. The van der Waals surface area contributed by atoms with Crippen LogP contribution in [-0.4, -0.2) is 0 Å². The van der Waals surface area contributed by atoms with Crippen LogP contribution in [0.4, 0.5) is 17.1 Å². The molecule has 1 heteroatoms. The van der Waals surface area contributed by atoms with E-state index in [0.29, 0.717) is 0 Å². The number of benzene rings is 9. The molecule has 0 radical (unpaired) electrons. The van der Waals surface area contributed by atoms with E-state index in [1.54, 1.807) is 0 Å². The standard InChI is InChI=1S/C48H33N/c1-3-12-34(13-4-1)35-22-27-39(28-23-35)49(48-21-10-9-18-43(48)36-14-5-2-6-15-36)40-29-24-38(25-30-40)42-19-11-20-44-45(42)32-33-46-41-17-8-7-16-37(41)26-31-47(44)46/h1-33H. The molecule has 0 saturated carbocycles. The number of fused-ring (bicyclic) bond motifs is 5. The van der Waals surface area contributed by atoms with Crippen molar-refractivity contribution < 1.29 is 0 Å². The third kappa shape index (κ3) is 5.23. The summed E-state index contributed by atoms with van der Waals surface area (Å²) < 4.78 is 0. The lowest BCUT2D eigenvalue weighted by Gasteiger charge is -2.28. The van der Waals surface area contributed by atoms with Crippen molar-refractivity contribution in [2.75, 3.05) is 4.90 Å². The summed E-state index contributed by atoms with van der Waals surface area (Å²) in [5.74, 6) is 0. The Kier molecular flexibility index (Phi) is 7.22. The van der Waals surface area contributed by atoms with E-state index >= 15 is 0 Å². The van der Waals surface area contributed by atoms with Crippen molar-refractivity contribution in [2.45, 2.75) is 0 Å². The van der Waals surface area contributed by atoms with Gasteiger partial charge in [0.2, 0.25) is 0 Å². The third-order valence-corrected chi connectivity index (χ3v) is 9.68. The minimum Gasteiger partial charge on any atom is -0.310 e. The molecule has 0 aliphatic rings. The van der Waals surface area contributed by atoms with Gasteiger partial charge in [-0.05, 0) is 90.5 Å². The maximum Gasteiger partial charge on any atom is 0.0540 e. The summed E-state index contributed by atoms with van der Waals surface area (Å²) in [6, 6.07) is 72.3. The van der Waals surface area contributed by atoms with Crippen molar-refractivity contribution in [3.63, 3.8) is 0 Å². The van der Waals surface area contributed by atoms with Crippen LogP contribution in [-0.2, 0) is 0 Å². The van der Waals surface area contributed by atoms with Crippen LogP contribution >= 0.6 is 0 Å². The molecule has 1 nitrogen and oxygen atoms in total. The number of hydrogen-bond acceptors (Lipinski definition) is 1. The van der Waals surface area contributed by atoms with Gasteiger partial charge in [0.25, 0.3) is 0 Å². The Bertz CT molecular complexity index is 2570. The second-order valence-electron chi connectivity index (χ2n) is 12.5. The maximum absolute atomic E-state index is 2.38. The molecule has 0 aliphatic heterocycles. The van der Waals surface area contributed by atoms with Gasteiger partial charge < -0.3 is 4.90 Å². The molecular formula is C48H33N. The first kappa shape index (κ1) is 28.8. The molecule has 0 amide bonds. The van der Waals surface area contributed by atoms with E-state index < -0.39 is 0 Å². The van der Waals surface area contributed by atoms with E-state index in [9.17, 15) is 0 Å². The van der Waals surface area contributed by atoms with E-state index in [0.717, 1.165) is 17.1 Å². The first-order chi connectivity index (χ1) is 24.3. The number of anilines is 3. The van der Waals surface area contributed by atoms with Gasteiger partial charge >= 0.3 is 0 Å². The summed E-state index contributed by atoms with van der Waals surface area (Å²) in [7, 11) is 0. The average Bonchev–Trinajstić information content (AvgIpc) is 3.19. The van der Waals surface area contributed by atoms with Crippen LogP contribution in [0.2, 0.25) is 0 Å². The Morgan fingerprint density at radius 2 is 0.714 bits per heavy atom. The molecule has 0 atom stereocenters. The van der Waals surface area contributed by atoms with Crippen molar-refractivity contribution in [2.24, 2.45) is 0 Å². The van der Waals surface area contributed by atoms with Crippen LogP contribution < -0.4 is 4.90 Å². The zero-order valence-electron chi connectivity index (χ0n) is 27.0. The van der Waals surface area contributed by atoms with Crippen LogP contribution in [0.25, 0.3) is 65.7 Å². The van der Waals surface area contributed by atoms with Crippen molar-refractivity contribution >= 4 is 49.4 Å². The van der Waals surface area contributed by atoms with Gasteiger partial charge in [0.15, 0.2) is 0 Å². The zero-order chi connectivity index (χ0) is 32.6. The highest BCUT2D eigenvalue weighted by Gasteiger charge is 2.18. The molecule has 0 fully saturated rings. The summed E-state index contributed by atoms with van der Waals surface area (Å²) >= 11 is 0. The smallest absolute Gasteiger partial charge is 0.0540 e. The lowest BCUT2D eigenvalue weighted by molar-refractivity contribution is 1.28. The topological polar surface area (TPSA) is 3.24 Å². The summed E-state index contributed by atoms with van der Waals surface area (Å²) in [6.07, 6.45) is 0. The van der Waals surface area contributed by atoms with E-state index in [1.807, 2.05) is 0 Å². The zero-order valence-corrected chi connectivity index (χ0v) is 27.0. The van der Waals surface area contributed by atoms with Gasteiger partial charge in [0.05, 0.1) is 5.69 Å². The molecule has 9 aromatic rings. The molecule has 0 heterocycles. The fourth-order valence-electron chi connectivity index (χ4n) is 7.29. The Hall–Kier alpha value is -6.44. The van der Waals surface area contributed by atoms with Gasteiger partial charge in [0, 0.05) is 16.9 Å². The van der Waals surface area contributed by atoms with Gasteiger partial charge in [-0.15, -0.1) is 0 Å². The van der Waals surface area contributed by atoms with Crippen molar-refractivity contribution in [3.8, 4) is 33.4 Å². The Morgan fingerprint density at radius 3 is 1.47 bits per heavy atom.